The van der Waals surface area contributed by atoms with Crippen LogP contribution in [-0.4, -0.2) is 28.7 Å². The van der Waals surface area contributed by atoms with Gasteiger partial charge in [0.05, 0.1) is 6.10 Å². The molecule has 1 aromatic rings. The molecular weight excluding hydrogens is 287 g/mol. The van der Waals surface area contributed by atoms with E-state index in [2.05, 4.69) is 0 Å². The highest BCUT2D eigenvalue weighted by atomic mass is 19.1. The van der Waals surface area contributed by atoms with Crippen LogP contribution in [0.2, 0.25) is 0 Å². The average molecular weight is 310 g/mol. The standard InChI is InChI=1S/C16H23FN2O3/c1-16(17,15(19)22)8-7-12(14(18)21)10-13(20)9-11-5-3-2-4-6-11/h2-6,12-13,20H,7-10H2,1H3,(H2,18,21)(H2,19,22)/t12-,13+,16?/m1/s1. The van der Waals surface area contributed by atoms with E-state index < -0.39 is 29.5 Å². The number of primary amides is 2. The number of benzene rings is 1. The highest BCUT2D eigenvalue weighted by Crippen LogP contribution is 2.23. The van der Waals surface area contributed by atoms with Crippen molar-refractivity contribution in [2.75, 3.05) is 0 Å². The number of amides is 2. The minimum Gasteiger partial charge on any atom is -0.393 e. The predicted molar refractivity (Wildman–Crippen MR) is 81.4 cm³/mol. The highest BCUT2D eigenvalue weighted by molar-refractivity contribution is 5.83. The molecule has 0 fully saturated rings. The van der Waals surface area contributed by atoms with Gasteiger partial charge < -0.3 is 16.6 Å². The van der Waals surface area contributed by atoms with Gasteiger partial charge in [0.2, 0.25) is 5.91 Å². The number of aliphatic hydroxyl groups excluding tert-OH is 1. The Morgan fingerprint density at radius 2 is 1.86 bits per heavy atom. The Labute approximate surface area is 129 Å². The number of aliphatic hydroxyl groups is 1. The fourth-order valence-electron chi connectivity index (χ4n) is 2.24. The summed E-state index contributed by atoms with van der Waals surface area (Å²) in [6.07, 6.45) is -0.392. The van der Waals surface area contributed by atoms with Crippen LogP contribution >= 0.6 is 0 Å². The van der Waals surface area contributed by atoms with E-state index in [0.717, 1.165) is 12.5 Å². The van der Waals surface area contributed by atoms with Gasteiger partial charge in [-0.25, -0.2) is 4.39 Å². The van der Waals surface area contributed by atoms with Crippen molar-refractivity contribution in [1.82, 2.24) is 0 Å². The molecule has 0 spiro atoms. The zero-order valence-electron chi connectivity index (χ0n) is 12.7. The van der Waals surface area contributed by atoms with E-state index in [1.54, 1.807) is 0 Å². The van der Waals surface area contributed by atoms with Crippen molar-refractivity contribution in [3.63, 3.8) is 0 Å². The lowest BCUT2D eigenvalue weighted by Gasteiger charge is -2.21. The van der Waals surface area contributed by atoms with E-state index in [1.807, 2.05) is 30.3 Å². The number of hydrogen-bond acceptors (Lipinski definition) is 3. The van der Waals surface area contributed by atoms with E-state index in [4.69, 9.17) is 11.5 Å². The van der Waals surface area contributed by atoms with E-state index in [0.29, 0.717) is 6.42 Å². The van der Waals surface area contributed by atoms with E-state index >= 15 is 0 Å². The third-order valence-corrected chi connectivity index (χ3v) is 3.75. The van der Waals surface area contributed by atoms with Gasteiger partial charge in [0.15, 0.2) is 5.67 Å². The van der Waals surface area contributed by atoms with Crippen molar-refractivity contribution >= 4 is 11.8 Å². The van der Waals surface area contributed by atoms with Crippen molar-refractivity contribution in [3.8, 4) is 0 Å². The van der Waals surface area contributed by atoms with Gasteiger partial charge in [-0.3, -0.25) is 9.59 Å². The minimum absolute atomic E-state index is 0.0666. The van der Waals surface area contributed by atoms with Crippen LogP contribution in [0.5, 0.6) is 0 Å². The van der Waals surface area contributed by atoms with Crippen molar-refractivity contribution in [2.45, 2.75) is 44.4 Å². The summed E-state index contributed by atoms with van der Waals surface area (Å²) in [7, 11) is 0. The van der Waals surface area contributed by atoms with Gasteiger partial charge in [0, 0.05) is 5.92 Å². The molecule has 0 aliphatic heterocycles. The fraction of sp³-hybridized carbons (Fsp3) is 0.500. The third kappa shape index (κ3) is 5.81. The number of alkyl halides is 1. The summed E-state index contributed by atoms with van der Waals surface area (Å²) < 4.78 is 13.8. The molecule has 0 aliphatic rings. The van der Waals surface area contributed by atoms with E-state index in [9.17, 15) is 19.1 Å². The van der Waals surface area contributed by atoms with Crippen LogP contribution in [0.3, 0.4) is 0 Å². The topological polar surface area (TPSA) is 106 Å². The smallest absolute Gasteiger partial charge is 0.254 e. The zero-order chi connectivity index (χ0) is 16.8. The highest BCUT2D eigenvalue weighted by Gasteiger charge is 2.32. The maximum atomic E-state index is 13.8. The van der Waals surface area contributed by atoms with Crippen molar-refractivity contribution in [2.24, 2.45) is 17.4 Å². The molecular formula is C16H23FN2O3. The lowest BCUT2D eigenvalue weighted by atomic mass is 9.89. The third-order valence-electron chi connectivity index (χ3n) is 3.75. The Balaban J connectivity index is 2.57. The molecule has 5 nitrogen and oxygen atoms in total. The summed E-state index contributed by atoms with van der Waals surface area (Å²) in [4.78, 5) is 22.4. The summed E-state index contributed by atoms with van der Waals surface area (Å²) in [5, 5.41) is 10.1. The van der Waals surface area contributed by atoms with Gasteiger partial charge in [0.1, 0.15) is 0 Å². The lowest BCUT2D eigenvalue weighted by Crippen LogP contribution is -2.38. The molecule has 0 saturated heterocycles. The average Bonchev–Trinajstić information content (AvgIpc) is 2.44. The van der Waals surface area contributed by atoms with E-state index in [1.165, 1.54) is 0 Å². The number of rotatable bonds is 9. The van der Waals surface area contributed by atoms with Crippen LogP contribution in [-0.2, 0) is 16.0 Å². The molecule has 0 heterocycles. The summed E-state index contributed by atoms with van der Waals surface area (Å²) in [5.74, 6) is -2.39. The second kappa shape index (κ2) is 7.89. The van der Waals surface area contributed by atoms with Crippen LogP contribution in [0.1, 0.15) is 31.7 Å². The SMILES string of the molecule is CC(F)(CC[C@H](C[C@@H](O)Cc1ccccc1)C(N)=O)C(N)=O. The van der Waals surface area contributed by atoms with Crippen LogP contribution in [0, 0.1) is 5.92 Å². The fourth-order valence-corrected chi connectivity index (χ4v) is 2.24. The first kappa shape index (κ1) is 18.1. The Bertz CT molecular complexity index is 505. The number of hydrogen-bond donors (Lipinski definition) is 3. The van der Waals surface area contributed by atoms with Gasteiger partial charge >= 0.3 is 0 Å². The first-order valence-electron chi connectivity index (χ1n) is 7.22. The number of halogens is 1. The largest absolute Gasteiger partial charge is 0.393 e. The molecule has 1 aromatic carbocycles. The molecule has 0 radical (unpaired) electrons. The molecule has 22 heavy (non-hydrogen) atoms. The molecule has 1 rings (SSSR count). The van der Waals surface area contributed by atoms with Gasteiger partial charge in [-0.15, -0.1) is 0 Å². The predicted octanol–water partition coefficient (Wildman–Crippen LogP) is 1.08. The van der Waals surface area contributed by atoms with Crippen molar-refractivity contribution in [3.05, 3.63) is 35.9 Å². The van der Waals surface area contributed by atoms with Crippen LogP contribution in [0.4, 0.5) is 4.39 Å². The van der Waals surface area contributed by atoms with Crippen LogP contribution < -0.4 is 11.5 Å². The first-order valence-corrected chi connectivity index (χ1v) is 7.22. The molecule has 5 N–H and O–H groups in total. The van der Waals surface area contributed by atoms with Gasteiger partial charge in [0.25, 0.3) is 5.91 Å². The number of nitrogens with two attached hydrogens (primary N) is 2. The van der Waals surface area contributed by atoms with Crippen molar-refractivity contribution < 1.29 is 19.1 Å². The van der Waals surface area contributed by atoms with Crippen molar-refractivity contribution in [1.29, 1.82) is 0 Å². The Hall–Kier alpha value is -1.95. The van der Waals surface area contributed by atoms with Crippen LogP contribution in [0.15, 0.2) is 30.3 Å². The summed E-state index contributed by atoms with van der Waals surface area (Å²) >= 11 is 0. The molecule has 1 unspecified atom stereocenters. The minimum atomic E-state index is -2.18. The summed E-state index contributed by atoms with van der Waals surface area (Å²) in [5.41, 5.74) is 9.01. The van der Waals surface area contributed by atoms with Gasteiger partial charge in [-0.1, -0.05) is 30.3 Å². The van der Waals surface area contributed by atoms with Crippen LogP contribution in [0.25, 0.3) is 0 Å². The first-order chi connectivity index (χ1) is 10.2. The Morgan fingerprint density at radius 1 is 1.27 bits per heavy atom. The Kier molecular flexibility index (Phi) is 6.49. The maximum absolute atomic E-state index is 13.8. The quantitative estimate of drug-likeness (QED) is 0.635. The zero-order valence-corrected chi connectivity index (χ0v) is 12.7. The lowest BCUT2D eigenvalue weighted by molar-refractivity contribution is -0.130. The molecule has 0 bridgehead atoms. The second-order valence-electron chi connectivity index (χ2n) is 5.78. The Morgan fingerprint density at radius 3 is 2.36 bits per heavy atom. The normalized spacial score (nSPS) is 16.5. The van der Waals surface area contributed by atoms with Gasteiger partial charge in [-0.05, 0) is 38.2 Å². The summed E-state index contributed by atoms with van der Waals surface area (Å²) in [6, 6.07) is 9.32. The number of carbonyl (C=O) groups is 2. The molecule has 0 saturated carbocycles. The molecule has 2 amide bonds. The summed E-state index contributed by atoms with van der Waals surface area (Å²) in [6.45, 7) is 1.08. The molecule has 3 atom stereocenters. The molecule has 122 valence electrons. The van der Waals surface area contributed by atoms with Gasteiger partial charge in [-0.2, -0.15) is 0 Å². The van der Waals surface area contributed by atoms with E-state index in [-0.39, 0.29) is 19.3 Å². The monoisotopic (exact) mass is 310 g/mol. The molecule has 0 aliphatic carbocycles. The molecule has 0 aromatic heterocycles. The number of carbonyl (C=O) groups excluding carboxylic acids is 2. The maximum Gasteiger partial charge on any atom is 0.254 e. The second-order valence-corrected chi connectivity index (χ2v) is 5.78. The molecule has 6 heteroatoms.